The van der Waals surface area contributed by atoms with Gasteiger partial charge in [-0.15, -0.1) is 0 Å². The summed E-state index contributed by atoms with van der Waals surface area (Å²) >= 11 is 3.57. The average molecular weight is 313 g/mol. The topological polar surface area (TPSA) is 27.8 Å². The Labute approximate surface area is 120 Å². The Hall–Kier alpha value is -1.74. The molecular weight excluding hydrogens is 300 g/mol. The van der Waals surface area contributed by atoms with E-state index in [0.717, 1.165) is 17.4 Å². The number of hydrogen-bond acceptors (Lipinski definition) is 1. The van der Waals surface area contributed by atoms with Crippen LogP contribution in [0, 0.1) is 0 Å². The fraction of sp³-hybridized carbons (Fsp3) is 0.125. The van der Waals surface area contributed by atoms with Crippen LogP contribution in [-0.4, -0.2) is 11.5 Å². The summed E-state index contributed by atoms with van der Waals surface area (Å²) in [5.41, 5.74) is 6.36. The first-order valence-electron chi connectivity index (χ1n) is 6.46. The molecule has 0 spiro atoms. The zero-order valence-corrected chi connectivity index (χ0v) is 11.9. The zero-order valence-electron chi connectivity index (χ0n) is 10.3. The van der Waals surface area contributed by atoms with Crippen LogP contribution in [0.4, 0.5) is 5.69 Å². The van der Waals surface area contributed by atoms with Crippen LogP contribution in [0.5, 0.6) is 0 Å². The maximum Gasteiger partial charge on any atom is 0.0518 e. The highest BCUT2D eigenvalue weighted by atomic mass is 79.9. The van der Waals surface area contributed by atoms with Crippen LogP contribution in [0.2, 0.25) is 0 Å². The first kappa shape index (κ1) is 11.1. The molecule has 0 atom stereocenters. The molecule has 0 saturated carbocycles. The molecule has 2 nitrogen and oxygen atoms in total. The monoisotopic (exact) mass is 312 g/mol. The summed E-state index contributed by atoms with van der Waals surface area (Å²) in [7, 11) is 0. The summed E-state index contributed by atoms with van der Waals surface area (Å²) in [5.74, 6) is 0. The molecule has 1 aliphatic heterocycles. The van der Waals surface area contributed by atoms with E-state index in [1.54, 1.807) is 0 Å². The summed E-state index contributed by atoms with van der Waals surface area (Å²) in [4.78, 5) is 3.58. The van der Waals surface area contributed by atoms with Gasteiger partial charge in [0.05, 0.1) is 5.69 Å². The molecule has 19 heavy (non-hydrogen) atoms. The zero-order chi connectivity index (χ0) is 12.8. The van der Waals surface area contributed by atoms with Crippen LogP contribution in [-0.2, 0) is 6.42 Å². The number of aromatic nitrogens is 1. The van der Waals surface area contributed by atoms with Crippen LogP contribution >= 0.6 is 15.9 Å². The van der Waals surface area contributed by atoms with Crippen molar-refractivity contribution >= 4 is 32.5 Å². The number of hydrogen-bond donors (Lipinski definition) is 2. The number of halogens is 1. The van der Waals surface area contributed by atoms with E-state index in [-0.39, 0.29) is 0 Å². The van der Waals surface area contributed by atoms with Crippen molar-refractivity contribution in [2.45, 2.75) is 6.42 Å². The van der Waals surface area contributed by atoms with Gasteiger partial charge in [0.25, 0.3) is 0 Å². The minimum Gasteiger partial charge on any atom is -0.384 e. The summed E-state index contributed by atoms with van der Waals surface area (Å²) in [6.45, 7) is 0.976. The van der Waals surface area contributed by atoms with Crippen molar-refractivity contribution in [3.05, 3.63) is 52.5 Å². The van der Waals surface area contributed by atoms with Crippen molar-refractivity contribution in [3.8, 4) is 11.3 Å². The second kappa shape index (κ2) is 4.14. The number of fused-ring (bicyclic) bond motifs is 5. The molecule has 1 aromatic heterocycles. The highest BCUT2D eigenvalue weighted by molar-refractivity contribution is 9.10. The normalized spacial score (nSPS) is 13.5. The Morgan fingerprint density at radius 2 is 1.95 bits per heavy atom. The van der Waals surface area contributed by atoms with Gasteiger partial charge in [-0.25, -0.2) is 0 Å². The molecule has 0 saturated heterocycles. The van der Waals surface area contributed by atoms with E-state index in [1.807, 2.05) is 0 Å². The van der Waals surface area contributed by atoms with Crippen molar-refractivity contribution in [2.75, 3.05) is 11.9 Å². The number of nitrogens with one attached hydrogen (secondary N) is 2. The van der Waals surface area contributed by atoms with Crippen molar-refractivity contribution in [1.82, 2.24) is 4.98 Å². The van der Waals surface area contributed by atoms with Crippen LogP contribution in [0.1, 0.15) is 5.56 Å². The van der Waals surface area contributed by atoms with Crippen LogP contribution < -0.4 is 5.32 Å². The molecule has 0 unspecified atom stereocenters. The van der Waals surface area contributed by atoms with E-state index in [2.05, 4.69) is 68.7 Å². The second-order valence-electron chi connectivity index (χ2n) is 4.89. The van der Waals surface area contributed by atoms with E-state index in [9.17, 15) is 0 Å². The maximum atomic E-state index is 3.58. The molecule has 94 valence electrons. The molecule has 2 aromatic carbocycles. The van der Waals surface area contributed by atoms with Gasteiger partial charge in [-0.3, -0.25) is 0 Å². The molecule has 0 radical (unpaired) electrons. The van der Waals surface area contributed by atoms with Gasteiger partial charge in [-0.2, -0.15) is 0 Å². The average Bonchev–Trinajstić information content (AvgIpc) is 2.67. The fourth-order valence-corrected chi connectivity index (χ4v) is 3.25. The molecule has 0 aliphatic carbocycles. The second-order valence-corrected chi connectivity index (χ2v) is 5.81. The highest BCUT2D eigenvalue weighted by Gasteiger charge is 2.18. The number of benzene rings is 2. The smallest absolute Gasteiger partial charge is 0.0518 e. The summed E-state index contributed by atoms with van der Waals surface area (Å²) in [6.07, 6.45) is 1.04. The van der Waals surface area contributed by atoms with Crippen LogP contribution in [0.15, 0.2) is 46.9 Å². The van der Waals surface area contributed by atoms with Crippen LogP contribution in [0.3, 0.4) is 0 Å². The largest absolute Gasteiger partial charge is 0.384 e. The molecule has 1 aliphatic rings. The maximum absolute atomic E-state index is 3.58. The first-order chi connectivity index (χ1) is 9.33. The Bertz CT molecular complexity index is 774. The van der Waals surface area contributed by atoms with E-state index < -0.39 is 0 Å². The number of para-hydroxylation sites is 1. The third kappa shape index (κ3) is 1.69. The van der Waals surface area contributed by atoms with Crippen LogP contribution in [0.25, 0.3) is 22.2 Å². The van der Waals surface area contributed by atoms with E-state index in [4.69, 9.17) is 0 Å². The minimum absolute atomic E-state index is 0.976. The third-order valence-corrected chi connectivity index (χ3v) is 4.25. The van der Waals surface area contributed by atoms with Crippen molar-refractivity contribution in [2.24, 2.45) is 0 Å². The molecule has 0 fully saturated rings. The van der Waals surface area contributed by atoms with E-state index >= 15 is 0 Å². The van der Waals surface area contributed by atoms with Gasteiger partial charge < -0.3 is 10.3 Å². The lowest BCUT2D eigenvalue weighted by molar-refractivity contribution is 1.05. The Balaban J connectivity index is 2.08. The lowest BCUT2D eigenvalue weighted by Gasteiger charge is -2.06. The third-order valence-electron chi connectivity index (χ3n) is 3.76. The number of H-pyrrole nitrogens is 1. The number of anilines is 1. The molecule has 0 bridgehead atoms. The predicted octanol–water partition coefficient (Wildman–Crippen LogP) is 4.57. The molecular formula is C16H13BrN2. The van der Waals surface area contributed by atoms with Gasteiger partial charge in [0, 0.05) is 33.2 Å². The molecule has 0 amide bonds. The fourth-order valence-electron chi connectivity index (χ4n) is 2.89. The van der Waals surface area contributed by atoms with Gasteiger partial charge in [0.15, 0.2) is 0 Å². The van der Waals surface area contributed by atoms with E-state index in [1.165, 1.54) is 33.4 Å². The number of rotatable bonds is 0. The van der Waals surface area contributed by atoms with Gasteiger partial charge in [-0.1, -0.05) is 34.1 Å². The lowest BCUT2D eigenvalue weighted by Crippen LogP contribution is -2.02. The lowest BCUT2D eigenvalue weighted by atomic mass is 10.0. The van der Waals surface area contributed by atoms with Crippen molar-refractivity contribution in [3.63, 3.8) is 0 Å². The Morgan fingerprint density at radius 3 is 2.89 bits per heavy atom. The SMILES string of the molecule is Brc1ccc2[nH]c3c(c2c1)CCNc1ccccc1-3. The molecule has 4 rings (SSSR count). The van der Waals surface area contributed by atoms with Crippen molar-refractivity contribution < 1.29 is 0 Å². The molecule has 2 N–H and O–H groups in total. The summed E-state index contributed by atoms with van der Waals surface area (Å²) in [5, 5.41) is 4.83. The number of aromatic amines is 1. The van der Waals surface area contributed by atoms with Gasteiger partial charge in [0.2, 0.25) is 0 Å². The Kier molecular flexibility index (Phi) is 2.42. The van der Waals surface area contributed by atoms with E-state index in [0.29, 0.717) is 0 Å². The quantitative estimate of drug-likeness (QED) is 0.625. The van der Waals surface area contributed by atoms with Crippen molar-refractivity contribution in [1.29, 1.82) is 0 Å². The molecule has 3 aromatic rings. The standard InChI is InChI=1S/C16H13BrN2/c17-10-5-6-15-13(9-10)11-7-8-18-14-4-2-1-3-12(14)16(11)19-15/h1-6,9,18-19H,7-8H2. The molecule has 2 heterocycles. The first-order valence-corrected chi connectivity index (χ1v) is 7.25. The predicted molar refractivity (Wildman–Crippen MR) is 83.6 cm³/mol. The molecule has 3 heteroatoms. The van der Waals surface area contributed by atoms with Gasteiger partial charge in [-0.05, 0) is 36.2 Å². The Morgan fingerprint density at radius 1 is 1.05 bits per heavy atom. The van der Waals surface area contributed by atoms with Gasteiger partial charge in [0.1, 0.15) is 0 Å². The minimum atomic E-state index is 0.976. The highest BCUT2D eigenvalue weighted by Crippen LogP contribution is 2.37. The summed E-state index contributed by atoms with van der Waals surface area (Å²) in [6, 6.07) is 14.9. The van der Waals surface area contributed by atoms with Gasteiger partial charge >= 0.3 is 0 Å². The summed E-state index contributed by atoms with van der Waals surface area (Å²) < 4.78 is 1.13.